The summed E-state index contributed by atoms with van der Waals surface area (Å²) in [4.78, 5) is 47.5. The number of primary amides is 1. The summed E-state index contributed by atoms with van der Waals surface area (Å²) in [5.41, 5.74) is 15.2. The molecular weight excluding hydrogens is 395 g/mol. The van der Waals surface area contributed by atoms with E-state index in [2.05, 4.69) is 21.5 Å². The molecule has 0 radical (unpaired) electrons. The van der Waals surface area contributed by atoms with E-state index in [1.54, 1.807) is 6.07 Å². The molecule has 10 nitrogen and oxygen atoms in total. The van der Waals surface area contributed by atoms with Crippen LogP contribution in [0.25, 0.3) is 0 Å². The third-order valence-electron chi connectivity index (χ3n) is 4.90. The van der Waals surface area contributed by atoms with E-state index in [0.717, 1.165) is 19.3 Å². The molecule has 1 saturated carbocycles. The number of urea groups is 1. The molecule has 1 atom stereocenters. The Morgan fingerprint density at radius 1 is 1.10 bits per heavy atom. The molecule has 11 heteroatoms. The van der Waals surface area contributed by atoms with Gasteiger partial charge in [0.25, 0.3) is 5.91 Å². The van der Waals surface area contributed by atoms with Crippen molar-refractivity contribution in [2.24, 2.45) is 11.5 Å². The predicted molar refractivity (Wildman–Crippen MR) is 106 cm³/mol. The van der Waals surface area contributed by atoms with E-state index in [-0.39, 0.29) is 6.42 Å². The number of nitrogens with two attached hydrogens (primary N) is 2. The first kappa shape index (κ1) is 23.1. The molecule has 1 aliphatic rings. The van der Waals surface area contributed by atoms with Crippen LogP contribution in [0.4, 0.5) is 9.18 Å². The van der Waals surface area contributed by atoms with Crippen molar-refractivity contribution in [1.29, 1.82) is 0 Å². The smallest absolute Gasteiger partial charge is 0.333 e. The van der Waals surface area contributed by atoms with Gasteiger partial charge in [-0.1, -0.05) is 31.4 Å². The van der Waals surface area contributed by atoms with Gasteiger partial charge in [0, 0.05) is 6.42 Å². The lowest BCUT2D eigenvalue weighted by Gasteiger charge is -2.31. The summed E-state index contributed by atoms with van der Waals surface area (Å²) in [6.07, 6.45) is 3.76. The standard InChI is InChI=1S/C19H27FN6O4/c20-13-6-4-5-12(9-13)10-14(16(21)28)24-15(27)11-23-18(30)26-25-17(29)19(22)7-2-1-3-8-19/h4-6,9,14H,1-3,7-8,10-11,22H2,(H2,21,28)(H,24,27)(H,25,29)(H2,23,26,30). The maximum absolute atomic E-state index is 13.3. The fourth-order valence-electron chi connectivity index (χ4n) is 3.22. The van der Waals surface area contributed by atoms with Crippen LogP contribution in [0.15, 0.2) is 24.3 Å². The Morgan fingerprint density at radius 2 is 1.80 bits per heavy atom. The van der Waals surface area contributed by atoms with E-state index in [1.807, 2.05) is 0 Å². The van der Waals surface area contributed by atoms with E-state index in [9.17, 15) is 23.6 Å². The topological polar surface area (TPSA) is 168 Å². The van der Waals surface area contributed by atoms with Crippen molar-refractivity contribution < 1.29 is 23.6 Å². The molecule has 2 rings (SSSR count). The number of carbonyl (C=O) groups excluding carboxylic acids is 4. The number of rotatable bonds is 7. The van der Waals surface area contributed by atoms with E-state index in [4.69, 9.17) is 11.5 Å². The fraction of sp³-hybridized carbons (Fsp3) is 0.474. The molecule has 8 N–H and O–H groups in total. The van der Waals surface area contributed by atoms with Gasteiger partial charge in [0.2, 0.25) is 11.8 Å². The number of nitrogens with one attached hydrogen (secondary N) is 4. The van der Waals surface area contributed by atoms with E-state index < -0.39 is 47.7 Å². The minimum Gasteiger partial charge on any atom is -0.368 e. The second-order valence-corrected chi connectivity index (χ2v) is 7.34. The highest BCUT2D eigenvalue weighted by Gasteiger charge is 2.35. The monoisotopic (exact) mass is 422 g/mol. The Hall–Kier alpha value is -3.21. The zero-order chi connectivity index (χ0) is 22.1. The lowest BCUT2D eigenvalue weighted by molar-refractivity contribution is -0.128. The Morgan fingerprint density at radius 3 is 2.43 bits per heavy atom. The minimum atomic E-state index is -1.08. The Labute approximate surface area is 173 Å². The number of benzene rings is 1. The Kier molecular flexibility index (Phi) is 8.10. The van der Waals surface area contributed by atoms with Crippen molar-refractivity contribution >= 4 is 23.8 Å². The van der Waals surface area contributed by atoms with Crippen LogP contribution in [-0.2, 0) is 20.8 Å². The number of amides is 5. The van der Waals surface area contributed by atoms with Gasteiger partial charge >= 0.3 is 6.03 Å². The van der Waals surface area contributed by atoms with Crippen LogP contribution in [0.5, 0.6) is 0 Å². The molecule has 0 aliphatic heterocycles. The second-order valence-electron chi connectivity index (χ2n) is 7.34. The van der Waals surface area contributed by atoms with Gasteiger partial charge in [0.05, 0.1) is 12.1 Å². The first-order valence-corrected chi connectivity index (χ1v) is 9.66. The van der Waals surface area contributed by atoms with E-state index >= 15 is 0 Å². The fourth-order valence-corrected chi connectivity index (χ4v) is 3.22. The van der Waals surface area contributed by atoms with Crippen LogP contribution in [0.2, 0.25) is 0 Å². The quantitative estimate of drug-likeness (QED) is 0.320. The summed E-state index contributed by atoms with van der Waals surface area (Å²) < 4.78 is 13.3. The molecule has 0 aromatic heterocycles. The zero-order valence-corrected chi connectivity index (χ0v) is 16.5. The second kappa shape index (κ2) is 10.5. The summed E-state index contributed by atoms with van der Waals surface area (Å²) in [6.45, 7) is -0.470. The number of halogens is 1. The number of carbonyl (C=O) groups is 4. The van der Waals surface area contributed by atoms with Crippen molar-refractivity contribution in [3.63, 3.8) is 0 Å². The Balaban J connectivity index is 1.75. The van der Waals surface area contributed by atoms with Crippen molar-refractivity contribution in [2.75, 3.05) is 6.54 Å². The van der Waals surface area contributed by atoms with Crippen LogP contribution in [0.1, 0.15) is 37.7 Å². The molecule has 0 spiro atoms. The highest BCUT2D eigenvalue weighted by molar-refractivity contribution is 5.91. The van der Waals surface area contributed by atoms with Crippen molar-refractivity contribution in [3.8, 4) is 0 Å². The number of hydrogen-bond donors (Lipinski definition) is 6. The maximum Gasteiger partial charge on any atom is 0.333 e. The molecule has 1 aliphatic carbocycles. The van der Waals surface area contributed by atoms with Gasteiger partial charge in [-0.15, -0.1) is 0 Å². The summed E-state index contributed by atoms with van der Waals surface area (Å²) in [5, 5.41) is 4.62. The minimum absolute atomic E-state index is 0.000328. The van der Waals surface area contributed by atoms with Gasteiger partial charge in [0.15, 0.2) is 0 Å². The van der Waals surface area contributed by atoms with Gasteiger partial charge in [-0.05, 0) is 30.5 Å². The first-order chi connectivity index (χ1) is 14.2. The molecule has 1 aromatic carbocycles. The molecule has 0 heterocycles. The Bertz CT molecular complexity index is 797. The van der Waals surface area contributed by atoms with Crippen LogP contribution in [0, 0.1) is 5.82 Å². The lowest BCUT2D eigenvalue weighted by Crippen LogP contribution is -2.60. The molecule has 0 bridgehead atoms. The van der Waals surface area contributed by atoms with E-state index in [1.165, 1.54) is 18.2 Å². The molecule has 1 aromatic rings. The molecule has 5 amide bonds. The number of hydrazine groups is 1. The molecule has 0 saturated heterocycles. The largest absolute Gasteiger partial charge is 0.368 e. The number of hydrogen-bond acceptors (Lipinski definition) is 5. The molecule has 1 fully saturated rings. The van der Waals surface area contributed by atoms with Gasteiger partial charge in [-0.2, -0.15) is 0 Å². The third-order valence-corrected chi connectivity index (χ3v) is 4.90. The molecular formula is C19H27FN6O4. The zero-order valence-electron chi connectivity index (χ0n) is 16.5. The predicted octanol–water partition coefficient (Wildman–Crippen LogP) is -0.670. The van der Waals surface area contributed by atoms with Gasteiger partial charge < -0.3 is 22.1 Å². The average molecular weight is 422 g/mol. The first-order valence-electron chi connectivity index (χ1n) is 9.66. The molecule has 164 valence electrons. The van der Waals surface area contributed by atoms with Crippen molar-refractivity contribution in [2.45, 2.75) is 50.1 Å². The van der Waals surface area contributed by atoms with Gasteiger partial charge in [-0.25, -0.2) is 14.6 Å². The van der Waals surface area contributed by atoms with Gasteiger partial charge in [0.1, 0.15) is 11.9 Å². The lowest BCUT2D eigenvalue weighted by atomic mass is 9.82. The highest BCUT2D eigenvalue weighted by atomic mass is 19.1. The maximum atomic E-state index is 13.3. The summed E-state index contributed by atoms with van der Waals surface area (Å²) in [5.74, 6) is -2.45. The SMILES string of the molecule is NC(=O)C(Cc1cccc(F)c1)NC(=O)CNC(=O)NNC(=O)C1(N)CCCCC1. The van der Waals surface area contributed by atoms with Gasteiger partial charge in [-0.3, -0.25) is 19.8 Å². The van der Waals surface area contributed by atoms with Crippen molar-refractivity contribution in [1.82, 2.24) is 21.5 Å². The molecule has 1 unspecified atom stereocenters. The van der Waals surface area contributed by atoms with E-state index in [0.29, 0.717) is 18.4 Å². The van der Waals surface area contributed by atoms with Crippen LogP contribution in [0.3, 0.4) is 0 Å². The van der Waals surface area contributed by atoms with Crippen LogP contribution < -0.4 is 33.0 Å². The summed E-state index contributed by atoms with van der Waals surface area (Å²) >= 11 is 0. The van der Waals surface area contributed by atoms with Crippen LogP contribution >= 0.6 is 0 Å². The van der Waals surface area contributed by atoms with Crippen LogP contribution in [-0.4, -0.2) is 41.9 Å². The summed E-state index contributed by atoms with van der Waals surface area (Å²) in [6, 6.07) is 3.65. The average Bonchev–Trinajstić information content (AvgIpc) is 2.70. The highest BCUT2D eigenvalue weighted by Crippen LogP contribution is 2.25. The molecule has 30 heavy (non-hydrogen) atoms. The van der Waals surface area contributed by atoms with Crippen molar-refractivity contribution in [3.05, 3.63) is 35.6 Å². The summed E-state index contributed by atoms with van der Waals surface area (Å²) in [7, 11) is 0. The third kappa shape index (κ3) is 6.99. The normalized spacial score (nSPS) is 16.1.